The highest BCUT2D eigenvalue weighted by Crippen LogP contribution is 2.64. The van der Waals surface area contributed by atoms with Gasteiger partial charge in [-0.1, -0.05) is 51.5 Å². The van der Waals surface area contributed by atoms with E-state index in [1.807, 2.05) is 0 Å². The van der Waals surface area contributed by atoms with E-state index in [0.29, 0.717) is 10.8 Å². The zero-order valence-electron chi connectivity index (χ0n) is 11.8. The predicted octanol–water partition coefficient (Wildman–Crippen LogP) is 4.97. The molecule has 0 saturated heterocycles. The summed E-state index contributed by atoms with van der Waals surface area (Å²) in [4.78, 5) is 0. The molecule has 4 atom stereocenters. The van der Waals surface area contributed by atoms with Gasteiger partial charge in [0.2, 0.25) is 0 Å². The molecule has 0 heterocycles. The summed E-state index contributed by atoms with van der Waals surface area (Å²) in [5, 5.41) is 0. The van der Waals surface area contributed by atoms with Gasteiger partial charge in [0, 0.05) is 0 Å². The minimum absolute atomic E-state index is 0.464. The second kappa shape index (κ2) is 3.49. The lowest BCUT2D eigenvalue weighted by atomic mass is 9.44. The lowest BCUT2D eigenvalue weighted by molar-refractivity contribution is -0.0328. The molecule has 4 rings (SSSR count). The van der Waals surface area contributed by atoms with E-state index in [2.05, 4.69) is 45.9 Å². The number of fused-ring (bicyclic) bond motifs is 1. The molecule has 4 unspecified atom stereocenters. The molecular weight excluding hydrogens is 204 g/mol. The van der Waals surface area contributed by atoms with Crippen LogP contribution in [0, 0.1) is 28.6 Å². The third-order valence-electron chi connectivity index (χ3n) is 6.28. The summed E-state index contributed by atoms with van der Waals surface area (Å²) in [6.07, 6.45) is 13.3. The van der Waals surface area contributed by atoms with Gasteiger partial charge in [-0.2, -0.15) is 0 Å². The van der Waals surface area contributed by atoms with E-state index in [4.69, 9.17) is 0 Å². The molecule has 2 bridgehead atoms. The second-order valence-electron chi connectivity index (χ2n) is 7.32. The van der Waals surface area contributed by atoms with Crippen molar-refractivity contribution in [1.29, 1.82) is 0 Å². The quantitative estimate of drug-likeness (QED) is 0.558. The van der Waals surface area contributed by atoms with Gasteiger partial charge in [-0.3, -0.25) is 0 Å². The Kier molecular flexibility index (Phi) is 2.38. The fourth-order valence-corrected chi connectivity index (χ4v) is 4.57. The Hall–Kier alpha value is -0.520. The van der Waals surface area contributed by atoms with E-state index >= 15 is 0 Å². The van der Waals surface area contributed by atoms with Gasteiger partial charge >= 0.3 is 0 Å². The Bertz CT molecular complexity index is 387. The summed E-state index contributed by atoms with van der Waals surface area (Å²) >= 11 is 0. The first kappa shape index (κ1) is 11.6. The topological polar surface area (TPSA) is 0 Å². The fraction of sp³-hybridized carbons (Fsp3) is 0.765. The Morgan fingerprint density at radius 1 is 1.24 bits per heavy atom. The van der Waals surface area contributed by atoms with Crippen LogP contribution in [0.1, 0.15) is 53.4 Å². The Morgan fingerprint density at radius 2 is 2.00 bits per heavy atom. The molecule has 0 heteroatoms. The number of allylic oxidation sites excluding steroid dienone is 4. The van der Waals surface area contributed by atoms with Crippen molar-refractivity contribution in [2.24, 2.45) is 28.6 Å². The summed E-state index contributed by atoms with van der Waals surface area (Å²) in [6, 6.07) is 0. The molecule has 0 aromatic heterocycles. The maximum absolute atomic E-state index is 2.67. The largest absolute Gasteiger partial charge is 0.0842 e. The van der Waals surface area contributed by atoms with Crippen LogP contribution >= 0.6 is 0 Å². The summed E-state index contributed by atoms with van der Waals surface area (Å²) in [5.41, 5.74) is 2.71. The van der Waals surface area contributed by atoms with Gasteiger partial charge < -0.3 is 0 Å². The molecular formula is C17H26. The van der Waals surface area contributed by atoms with Gasteiger partial charge in [-0.05, 0) is 54.3 Å². The molecule has 0 N–H and O–H groups in total. The van der Waals surface area contributed by atoms with Crippen molar-refractivity contribution < 1.29 is 0 Å². The fourth-order valence-electron chi connectivity index (χ4n) is 4.57. The molecule has 0 radical (unpaired) electrons. The molecule has 94 valence electrons. The summed E-state index contributed by atoms with van der Waals surface area (Å²) in [6.45, 7) is 9.77. The maximum Gasteiger partial charge on any atom is -0.00865 e. The summed E-state index contributed by atoms with van der Waals surface area (Å²) in [7, 11) is 0. The van der Waals surface area contributed by atoms with Gasteiger partial charge in [0.15, 0.2) is 0 Å². The maximum atomic E-state index is 2.67. The van der Waals surface area contributed by atoms with E-state index in [1.54, 1.807) is 5.57 Å². The van der Waals surface area contributed by atoms with E-state index in [0.717, 1.165) is 17.8 Å². The van der Waals surface area contributed by atoms with Crippen LogP contribution in [-0.2, 0) is 0 Å². The van der Waals surface area contributed by atoms with Crippen LogP contribution in [0.25, 0.3) is 0 Å². The Balaban J connectivity index is 2.04. The molecule has 4 aliphatic rings. The van der Waals surface area contributed by atoms with E-state index in [-0.39, 0.29) is 0 Å². The van der Waals surface area contributed by atoms with Crippen LogP contribution in [-0.4, -0.2) is 0 Å². The normalized spacial score (nSPS) is 48.2. The average molecular weight is 230 g/mol. The monoisotopic (exact) mass is 230 g/mol. The van der Waals surface area contributed by atoms with Gasteiger partial charge in [0.05, 0.1) is 0 Å². The highest BCUT2D eigenvalue weighted by Gasteiger charge is 2.55. The first-order valence-electron chi connectivity index (χ1n) is 7.36. The Morgan fingerprint density at radius 3 is 2.59 bits per heavy atom. The first-order valence-corrected chi connectivity index (χ1v) is 7.36. The van der Waals surface area contributed by atoms with E-state index in [9.17, 15) is 0 Å². The van der Waals surface area contributed by atoms with Crippen LogP contribution < -0.4 is 0 Å². The van der Waals surface area contributed by atoms with Crippen LogP contribution in [0.3, 0.4) is 0 Å². The number of hydrogen-bond acceptors (Lipinski definition) is 0. The minimum Gasteiger partial charge on any atom is -0.0842 e. The minimum atomic E-state index is 0.464. The van der Waals surface area contributed by atoms with Crippen molar-refractivity contribution in [2.45, 2.75) is 53.4 Å². The van der Waals surface area contributed by atoms with Gasteiger partial charge in [0.25, 0.3) is 0 Å². The lowest BCUT2D eigenvalue weighted by Gasteiger charge is -2.60. The Labute approximate surface area is 106 Å². The van der Waals surface area contributed by atoms with Crippen molar-refractivity contribution in [2.75, 3.05) is 0 Å². The molecule has 17 heavy (non-hydrogen) atoms. The molecule has 0 aromatic rings. The lowest BCUT2D eigenvalue weighted by Crippen LogP contribution is -2.52. The zero-order valence-corrected chi connectivity index (χ0v) is 11.8. The third kappa shape index (κ3) is 1.42. The highest BCUT2D eigenvalue weighted by atomic mass is 14.6. The molecule has 0 spiro atoms. The van der Waals surface area contributed by atoms with Gasteiger partial charge in [0.1, 0.15) is 0 Å². The smallest absolute Gasteiger partial charge is 0.00865 e. The predicted molar refractivity (Wildman–Crippen MR) is 73.7 cm³/mol. The number of rotatable bonds is 1. The van der Waals surface area contributed by atoms with Crippen molar-refractivity contribution in [1.82, 2.24) is 0 Å². The zero-order chi connectivity index (χ0) is 12.3. The molecule has 0 aromatic carbocycles. The van der Waals surface area contributed by atoms with E-state index in [1.165, 1.54) is 25.7 Å². The summed E-state index contributed by atoms with van der Waals surface area (Å²) in [5.74, 6) is 2.39. The second-order valence-corrected chi connectivity index (χ2v) is 7.32. The van der Waals surface area contributed by atoms with Crippen molar-refractivity contribution in [3.63, 3.8) is 0 Å². The van der Waals surface area contributed by atoms with Crippen LogP contribution in [0.4, 0.5) is 0 Å². The van der Waals surface area contributed by atoms with Crippen molar-refractivity contribution in [3.05, 3.63) is 23.8 Å². The van der Waals surface area contributed by atoms with Crippen molar-refractivity contribution in [3.8, 4) is 0 Å². The molecule has 0 amide bonds. The standard InChI is InChI=1S/C17H26/c1-12(2)14-7-10-17(4)15(11-14)13-5-8-16(17,3)9-6-13/h5,8,11-13,15H,6-7,9-10H2,1-4H3. The van der Waals surface area contributed by atoms with Crippen LogP contribution in [0.2, 0.25) is 0 Å². The van der Waals surface area contributed by atoms with E-state index < -0.39 is 0 Å². The molecule has 1 saturated carbocycles. The third-order valence-corrected chi connectivity index (χ3v) is 6.28. The molecule has 4 aliphatic carbocycles. The molecule has 1 fully saturated rings. The first-order chi connectivity index (χ1) is 7.96. The molecule has 0 nitrogen and oxygen atoms in total. The highest BCUT2D eigenvalue weighted by molar-refractivity contribution is 5.28. The SMILES string of the molecule is CC(C)C1=CC2C3C=CC(C)(CC3)C2(C)CC1. The van der Waals surface area contributed by atoms with Gasteiger partial charge in [-0.15, -0.1) is 0 Å². The summed E-state index contributed by atoms with van der Waals surface area (Å²) < 4.78 is 0. The molecule has 0 aliphatic heterocycles. The average Bonchev–Trinajstić information content (AvgIpc) is 2.30. The van der Waals surface area contributed by atoms with Crippen molar-refractivity contribution >= 4 is 0 Å². The number of hydrogen-bond donors (Lipinski definition) is 0. The van der Waals surface area contributed by atoms with Crippen LogP contribution in [0.5, 0.6) is 0 Å². The van der Waals surface area contributed by atoms with Crippen LogP contribution in [0.15, 0.2) is 23.8 Å². The van der Waals surface area contributed by atoms with Gasteiger partial charge in [-0.25, -0.2) is 0 Å².